The van der Waals surface area contributed by atoms with Gasteiger partial charge in [0.05, 0.1) is 12.6 Å². The molecule has 0 spiro atoms. The van der Waals surface area contributed by atoms with Crippen LogP contribution in [0, 0.1) is 5.92 Å². The van der Waals surface area contributed by atoms with Crippen molar-refractivity contribution in [2.45, 2.75) is 19.0 Å². The van der Waals surface area contributed by atoms with Gasteiger partial charge in [-0.1, -0.05) is 23.7 Å². The Labute approximate surface area is 118 Å². The maximum Gasteiger partial charge on any atom is 0.163 e. The Morgan fingerprint density at radius 3 is 2.74 bits per heavy atom. The minimum Gasteiger partial charge on any atom is -0.324 e. The average molecular weight is 282 g/mol. The monoisotopic (exact) mass is 281 g/mol. The van der Waals surface area contributed by atoms with Crippen LogP contribution >= 0.6 is 11.6 Å². The minimum atomic E-state index is -0.416. The zero-order chi connectivity index (χ0) is 13.8. The molecule has 5 heteroatoms. The van der Waals surface area contributed by atoms with Gasteiger partial charge in [0, 0.05) is 18.1 Å². The van der Waals surface area contributed by atoms with E-state index in [9.17, 15) is 4.79 Å². The summed E-state index contributed by atoms with van der Waals surface area (Å²) >= 11 is 5.86. The van der Waals surface area contributed by atoms with Gasteiger partial charge in [0.2, 0.25) is 0 Å². The van der Waals surface area contributed by atoms with E-state index >= 15 is 0 Å². The molecule has 1 aromatic rings. The number of nitrogens with two attached hydrogens (primary N) is 2. The number of carbonyl (C=O) groups is 1. The van der Waals surface area contributed by atoms with Gasteiger partial charge in [-0.15, -0.1) is 0 Å². The van der Waals surface area contributed by atoms with Crippen molar-refractivity contribution in [2.75, 3.05) is 19.6 Å². The number of carbonyl (C=O) groups excluding carboxylic acids is 1. The summed E-state index contributed by atoms with van der Waals surface area (Å²) in [6, 6.07) is 7.43. The van der Waals surface area contributed by atoms with Gasteiger partial charge < -0.3 is 11.5 Å². The summed E-state index contributed by atoms with van der Waals surface area (Å²) in [5.41, 5.74) is 12.5. The lowest BCUT2D eigenvalue weighted by Crippen LogP contribution is -2.42. The maximum atomic E-state index is 11.5. The van der Waals surface area contributed by atoms with Crippen LogP contribution in [0.5, 0.6) is 0 Å². The SMILES string of the molecule is NCC(=O)C(N)C1CCN(Cc2ccc(Cl)cc2)C1. The van der Waals surface area contributed by atoms with Crippen molar-refractivity contribution in [3.05, 3.63) is 34.9 Å². The molecule has 4 nitrogen and oxygen atoms in total. The Morgan fingerprint density at radius 2 is 2.11 bits per heavy atom. The molecule has 1 saturated heterocycles. The predicted octanol–water partition coefficient (Wildman–Crippen LogP) is 1.02. The average Bonchev–Trinajstić information content (AvgIpc) is 2.88. The van der Waals surface area contributed by atoms with Crippen LogP contribution in [-0.2, 0) is 11.3 Å². The fourth-order valence-electron chi connectivity index (χ4n) is 2.55. The lowest BCUT2D eigenvalue weighted by molar-refractivity contribution is -0.120. The largest absolute Gasteiger partial charge is 0.324 e. The van der Waals surface area contributed by atoms with Gasteiger partial charge in [-0.05, 0) is 36.6 Å². The van der Waals surface area contributed by atoms with Crippen molar-refractivity contribution in [1.82, 2.24) is 4.90 Å². The lowest BCUT2D eigenvalue weighted by Gasteiger charge is -2.19. The van der Waals surface area contributed by atoms with E-state index < -0.39 is 6.04 Å². The number of nitrogens with zero attached hydrogens (tertiary/aromatic N) is 1. The van der Waals surface area contributed by atoms with Crippen LogP contribution in [0.3, 0.4) is 0 Å². The molecule has 1 heterocycles. The van der Waals surface area contributed by atoms with E-state index in [1.807, 2.05) is 24.3 Å². The summed E-state index contributed by atoms with van der Waals surface area (Å²) in [6.07, 6.45) is 0.959. The van der Waals surface area contributed by atoms with Crippen LogP contribution in [0.15, 0.2) is 24.3 Å². The predicted molar refractivity (Wildman–Crippen MR) is 76.9 cm³/mol. The Hall–Kier alpha value is -0.940. The summed E-state index contributed by atoms with van der Waals surface area (Å²) in [6.45, 7) is 2.74. The molecule has 1 aliphatic heterocycles. The third-order valence-electron chi connectivity index (χ3n) is 3.71. The second-order valence-electron chi connectivity index (χ2n) is 5.11. The van der Waals surface area contributed by atoms with Crippen LogP contribution < -0.4 is 11.5 Å². The van der Waals surface area contributed by atoms with E-state index in [2.05, 4.69) is 4.90 Å². The first-order valence-corrected chi connectivity index (χ1v) is 6.93. The molecule has 2 atom stereocenters. The molecule has 0 aliphatic carbocycles. The van der Waals surface area contributed by atoms with Gasteiger partial charge in [0.1, 0.15) is 0 Å². The Morgan fingerprint density at radius 1 is 1.42 bits per heavy atom. The highest BCUT2D eigenvalue weighted by atomic mass is 35.5. The molecule has 0 bridgehead atoms. The zero-order valence-electron chi connectivity index (χ0n) is 10.9. The molecule has 1 fully saturated rings. The van der Waals surface area contributed by atoms with Crippen molar-refractivity contribution >= 4 is 17.4 Å². The third-order valence-corrected chi connectivity index (χ3v) is 3.96. The van der Waals surface area contributed by atoms with Crippen molar-refractivity contribution in [3.8, 4) is 0 Å². The fourth-order valence-corrected chi connectivity index (χ4v) is 2.67. The number of benzene rings is 1. The van der Waals surface area contributed by atoms with Gasteiger partial charge in [-0.3, -0.25) is 9.69 Å². The van der Waals surface area contributed by atoms with Crippen molar-refractivity contribution in [2.24, 2.45) is 17.4 Å². The molecule has 19 heavy (non-hydrogen) atoms. The fraction of sp³-hybridized carbons (Fsp3) is 0.500. The Balaban J connectivity index is 1.88. The number of Topliss-reactive ketones (excluding diaryl/α,β-unsaturated/α-hetero) is 1. The molecule has 0 aromatic heterocycles. The number of likely N-dealkylation sites (tertiary alicyclic amines) is 1. The van der Waals surface area contributed by atoms with Gasteiger partial charge in [0.25, 0.3) is 0 Å². The Bertz CT molecular complexity index is 435. The molecule has 0 saturated carbocycles. The molecule has 4 N–H and O–H groups in total. The molecule has 2 unspecified atom stereocenters. The second kappa shape index (κ2) is 6.48. The second-order valence-corrected chi connectivity index (χ2v) is 5.54. The topological polar surface area (TPSA) is 72.3 Å². The highest BCUT2D eigenvalue weighted by molar-refractivity contribution is 6.30. The van der Waals surface area contributed by atoms with E-state index in [0.29, 0.717) is 0 Å². The number of ketones is 1. The summed E-state index contributed by atoms with van der Waals surface area (Å²) < 4.78 is 0. The van der Waals surface area contributed by atoms with Gasteiger partial charge in [0.15, 0.2) is 5.78 Å². The zero-order valence-corrected chi connectivity index (χ0v) is 11.6. The van der Waals surface area contributed by atoms with Crippen LogP contribution in [0.2, 0.25) is 5.02 Å². The minimum absolute atomic E-state index is 0.0366. The smallest absolute Gasteiger partial charge is 0.163 e. The molecule has 1 aliphatic rings. The quantitative estimate of drug-likeness (QED) is 0.845. The molecular formula is C14H20ClN3O. The number of hydrogen-bond acceptors (Lipinski definition) is 4. The molecule has 104 valence electrons. The molecule has 0 radical (unpaired) electrons. The van der Waals surface area contributed by atoms with Gasteiger partial charge in [-0.25, -0.2) is 0 Å². The van der Waals surface area contributed by atoms with E-state index in [0.717, 1.165) is 31.1 Å². The molecule has 1 aromatic carbocycles. The summed E-state index contributed by atoms with van der Waals surface area (Å²) in [5.74, 6) is 0.182. The van der Waals surface area contributed by atoms with Crippen molar-refractivity contribution in [1.29, 1.82) is 0 Å². The summed E-state index contributed by atoms with van der Waals surface area (Å²) in [4.78, 5) is 13.8. The van der Waals surface area contributed by atoms with Gasteiger partial charge >= 0.3 is 0 Å². The van der Waals surface area contributed by atoms with E-state index in [1.165, 1.54) is 5.56 Å². The highest BCUT2D eigenvalue weighted by Gasteiger charge is 2.30. The van der Waals surface area contributed by atoms with Crippen molar-refractivity contribution in [3.63, 3.8) is 0 Å². The van der Waals surface area contributed by atoms with Crippen LogP contribution in [0.4, 0.5) is 0 Å². The van der Waals surface area contributed by atoms with Gasteiger partial charge in [-0.2, -0.15) is 0 Å². The summed E-state index contributed by atoms with van der Waals surface area (Å²) in [7, 11) is 0. The van der Waals surface area contributed by atoms with Crippen molar-refractivity contribution < 1.29 is 4.79 Å². The number of halogens is 1. The first-order valence-electron chi connectivity index (χ1n) is 6.55. The van der Waals surface area contributed by atoms with Crippen LogP contribution in [-0.4, -0.2) is 36.4 Å². The van der Waals surface area contributed by atoms with E-state index in [1.54, 1.807) is 0 Å². The van der Waals surface area contributed by atoms with Crippen LogP contribution in [0.1, 0.15) is 12.0 Å². The molecule has 2 rings (SSSR count). The maximum absolute atomic E-state index is 11.5. The first kappa shape index (κ1) is 14.5. The molecular weight excluding hydrogens is 262 g/mol. The van der Waals surface area contributed by atoms with E-state index in [-0.39, 0.29) is 18.2 Å². The standard InChI is InChI=1S/C14H20ClN3O/c15-12-3-1-10(2-4-12)8-18-6-5-11(9-18)14(17)13(19)7-16/h1-4,11,14H,5-9,16-17H2. The number of hydrogen-bond donors (Lipinski definition) is 2. The number of rotatable bonds is 5. The normalized spacial score (nSPS) is 21.5. The molecule has 0 amide bonds. The highest BCUT2D eigenvalue weighted by Crippen LogP contribution is 2.21. The lowest BCUT2D eigenvalue weighted by atomic mass is 9.96. The van der Waals surface area contributed by atoms with E-state index in [4.69, 9.17) is 23.1 Å². The Kier molecular flexibility index (Phi) is 4.93. The summed E-state index contributed by atoms with van der Waals surface area (Å²) in [5, 5.41) is 0.749. The third kappa shape index (κ3) is 3.76. The van der Waals surface area contributed by atoms with Crippen LogP contribution in [0.25, 0.3) is 0 Å². The first-order chi connectivity index (χ1) is 9.10.